The molecule has 7 heteroatoms. The van der Waals surface area contributed by atoms with Crippen LogP contribution in [-0.4, -0.2) is 24.7 Å². The summed E-state index contributed by atoms with van der Waals surface area (Å²) in [5.74, 6) is -0.578. The molecule has 0 amide bonds. The fourth-order valence-electron chi connectivity index (χ4n) is 1.67. The van der Waals surface area contributed by atoms with Crippen molar-refractivity contribution in [1.29, 1.82) is 0 Å². The number of ether oxygens (including phenoxy) is 2. The zero-order valence-corrected chi connectivity index (χ0v) is 12.5. The van der Waals surface area contributed by atoms with Crippen LogP contribution in [0.4, 0.5) is 15.2 Å². The summed E-state index contributed by atoms with van der Waals surface area (Å²) in [6, 6.07) is 4.44. The van der Waals surface area contributed by atoms with Crippen molar-refractivity contribution in [3.05, 3.63) is 35.1 Å². The zero-order valence-electron chi connectivity index (χ0n) is 11.7. The maximum Gasteiger partial charge on any atom is 0.311 e. The van der Waals surface area contributed by atoms with Gasteiger partial charge < -0.3 is 14.8 Å². The van der Waals surface area contributed by atoms with Crippen LogP contribution in [0.3, 0.4) is 0 Å². The molecule has 0 atom stereocenters. The molecule has 0 unspecified atom stereocenters. The van der Waals surface area contributed by atoms with E-state index in [1.165, 1.54) is 24.5 Å². The molecule has 0 aliphatic carbocycles. The van der Waals surface area contributed by atoms with Crippen LogP contribution >= 0.6 is 11.3 Å². The number of halogens is 1. The molecule has 21 heavy (non-hydrogen) atoms. The second-order valence-electron chi connectivity index (χ2n) is 4.10. The molecule has 5 nitrogen and oxygen atoms in total. The van der Waals surface area contributed by atoms with Crippen LogP contribution in [0.25, 0.3) is 0 Å². The summed E-state index contributed by atoms with van der Waals surface area (Å²) >= 11 is 1.36. The maximum absolute atomic E-state index is 13.3. The second kappa shape index (κ2) is 7.03. The molecule has 0 spiro atoms. The highest BCUT2D eigenvalue weighted by Crippen LogP contribution is 2.26. The molecule has 0 saturated heterocycles. The normalized spacial score (nSPS) is 10.2. The summed E-state index contributed by atoms with van der Waals surface area (Å²) in [5, 5.41) is 5.43. The number of carbonyl (C=O) groups excluding carboxylic acids is 1. The number of anilines is 2. The minimum atomic E-state index is -0.426. The topological polar surface area (TPSA) is 60.5 Å². The van der Waals surface area contributed by atoms with Gasteiger partial charge in [-0.2, -0.15) is 0 Å². The fraction of sp³-hybridized carbons (Fsp3) is 0.286. The van der Waals surface area contributed by atoms with Gasteiger partial charge in [-0.05, 0) is 19.1 Å². The summed E-state index contributed by atoms with van der Waals surface area (Å²) in [6.07, 6.45) is 0.138. The molecule has 1 aromatic heterocycles. The van der Waals surface area contributed by atoms with Crippen LogP contribution in [0.2, 0.25) is 0 Å². The number of nitrogens with zero attached hydrogens (tertiary/aromatic N) is 1. The summed E-state index contributed by atoms with van der Waals surface area (Å²) < 4.78 is 23.1. The standard InChI is InChI=1S/C14H15FN2O3S/c1-3-20-13(18)7-10-8-21-14(17-10)16-9-4-5-11(15)12(6-9)19-2/h4-6,8H,3,7H2,1-2H3,(H,16,17). The van der Waals surface area contributed by atoms with E-state index in [0.29, 0.717) is 23.1 Å². The number of aromatic nitrogens is 1. The lowest BCUT2D eigenvalue weighted by Crippen LogP contribution is -2.07. The van der Waals surface area contributed by atoms with E-state index in [1.54, 1.807) is 24.4 Å². The van der Waals surface area contributed by atoms with Crippen LogP contribution in [-0.2, 0) is 16.0 Å². The molecule has 0 bridgehead atoms. The Morgan fingerprint density at radius 2 is 2.29 bits per heavy atom. The Morgan fingerprint density at radius 3 is 3.00 bits per heavy atom. The van der Waals surface area contributed by atoms with Gasteiger partial charge in [-0.1, -0.05) is 0 Å². The highest BCUT2D eigenvalue weighted by Gasteiger charge is 2.09. The van der Waals surface area contributed by atoms with Crippen molar-refractivity contribution < 1.29 is 18.7 Å². The molecule has 0 saturated carbocycles. The van der Waals surface area contributed by atoms with Crippen LogP contribution in [0.15, 0.2) is 23.6 Å². The highest BCUT2D eigenvalue weighted by molar-refractivity contribution is 7.13. The highest BCUT2D eigenvalue weighted by atomic mass is 32.1. The van der Waals surface area contributed by atoms with Gasteiger partial charge >= 0.3 is 5.97 Å². The summed E-state index contributed by atoms with van der Waals surface area (Å²) in [7, 11) is 1.41. The van der Waals surface area contributed by atoms with E-state index < -0.39 is 5.82 Å². The molecule has 112 valence electrons. The number of rotatable bonds is 6. The third kappa shape index (κ3) is 4.16. The quantitative estimate of drug-likeness (QED) is 0.831. The van der Waals surface area contributed by atoms with E-state index in [9.17, 15) is 9.18 Å². The average molecular weight is 310 g/mol. The zero-order chi connectivity index (χ0) is 15.2. The molecule has 1 heterocycles. The molecule has 2 aromatic rings. The molecule has 0 radical (unpaired) electrons. The van der Waals surface area contributed by atoms with Crippen molar-refractivity contribution in [2.75, 3.05) is 19.0 Å². The van der Waals surface area contributed by atoms with Crippen LogP contribution in [0.5, 0.6) is 5.75 Å². The number of esters is 1. The molecule has 2 rings (SSSR count). The molecule has 1 aromatic carbocycles. The van der Waals surface area contributed by atoms with Crippen molar-refractivity contribution in [2.24, 2.45) is 0 Å². The first-order chi connectivity index (χ1) is 10.1. The lowest BCUT2D eigenvalue weighted by atomic mass is 10.3. The van der Waals surface area contributed by atoms with Crippen LogP contribution in [0, 0.1) is 5.82 Å². The number of hydrogen-bond acceptors (Lipinski definition) is 6. The van der Waals surface area contributed by atoms with E-state index in [0.717, 1.165) is 0 Å². The van der Waals surface area contributed by atoms with Gasteiger partial charge in [0, 0.05) is 17.1 Å². The molecule has 1 N–H and O–H groups in total. The van der Waals surface area contributed by atoms with E-state index in [2.05, 4.69) is 10.3 Å². The predicted octanol–water partition coefficient (Wildman–Crippen LogP) is 3.14. The Hall–Kier alpha value is -2.15. The smallest absolute Gasteiger partial charge is 0.311 e. The van der Waals surface area contributed by atoms with Gasteiger partial charge in [-0.15, -0.1) is 11.3 Å². The number of carbonyl (C=O) groups is 1. The number of methoxy groups -OCH3 is 1. The summed E-state index contributed by atoms with van der Waals surface area (Å²) in [4.78, 5) is 15.6. The molecular formula is C14H15FN2O3S. The van der Waals surface area contributed by atoms with Crippen molar-refractivity contribution in [3.63, 3.8) is 0 Å². The molecule has 0 aliphatic heterocycles. The molecular weight excluding hydrogens is 295 g/mol. The number of thiazole rings is 1. The SMILES string of the molecule is CCOC(=O)Cc1csc(Nc2ccc(F)c(OC)c2)n1. The van der Waals surface area contributed by atoms with Gasteiger partial charge in [0.1, 0.15) is 0 Å². The van der Waals surface area contributed by atoms with Gasteiger partial charge in [-0.3, -0.25) is 4.79 Å². The Morgan fingerprint density at radius 1 is 1.48 bits per heavy atom. The minimum Gasteiger partial charge on any atom is -0.494 e. The van der Waals surface area contributed by atoms with E-state index in [-0.39, 0.29) is 18.1 Å². The lowest BCUT2D eigenvalue weighted by Gasteiger charge is -2.06. The number of benzene rings is 1. The first-order valence-electron chi connectivity index (χ1n) is 6.33. The Kier molecular flexibility index (Phi) is 5.10. The van der Waals surface area contributed by atoms with Crippen molar-refractivity contribution >= 4 is 28.1 Å². The average Bonchev–Trinajstić information content (AvgIpc) is 2.88. The monoisotopic (exact) mass is 310 g/mol. The second-order valence-corrected chi connectivity index (χ2v) is 4.96. The van der Waals surface area contributed by atoms with Gasteiger partial charge in [-0.25, -0.2) is 9.37 Å². The van der Waals surface area contributed by atoms with Gasteiger partial charge in [0.05, 0.1) is 25.8 Å². The summed E-state index contributed by atoms with van der Waals surface area (Å²) in [5.41, 5.74) is 1.29. The Bertz CT molecular complexity index is 630. The maximum atomic E-state index is 13.3. The van der Waals surface area contributed by atoms with Crippen molar-refractivity contribution in [2.45, 2.75) is 13.3 Å². The first kappa shape index (κ1) is 15.2. The van der Waals surface area contributed by atoms with Gasteiger partial charge in [0.15, 0.2) is 16.7 Å². The third-order valence-corrected chi connectivity index (χ3v) is 3.39. The molecule has 0 fully saturated rings. The fourth-order valence-corrected chi connectivity index (χ4v) is 2.40. The Balaban J connectivity index is 2.03. The van der Waals surface area contributed by atoms with E-state index >= 15 is 0 Å². The van der Waals surface area contributed by atoms with Gasteiger partial charge in [0.25, 0.3) is 0 Å². The molecule has 0 aliphatic rings. The minimum absolute atomic E-state index is 0.138. The van der Waals surface area contributed by atoms with Crippen molar-refractivity contribution in [1.82, 2.24) is 4.98 Å². The van der Waals surface area contributed by atoms with Crippen LogP contribution in [0.1, 0.15) is 12.6 Å². The van der Waals surface area contributed by atoms with Crippen molar-refractivity contribution in [3.8, 4) is 5.75 Å². The first-order valence-corrected chi connectivity index (χ1v) is 7.21. The van der Waals surface area contributed by atoms with E-state index in [1.807, 2.05) is 0 Å². The Labute approximate surface area is 125 Å². The predicted molar refractivity (Wildman–Crippen MR) is 78.7 cm³/mol. The van der Waals surface area contributed by atoms with Gasteiger partial charge in [0.2, 0.25) is 0 Å². The van der Waals surface area contributed by atoms with Crippen LogP contribution < -0.4 is 10.1 Å². The lowest BCUT2D eigenvalue weighted by molar-refractivity contribution is -0.142. The van der Waals surface area contributed by atoms with E-state index in [4.69, 9.17) is 9.47 Å². The number of nitrogens with one attached hydrogen (secondary N) is 1. The summed E-state index contributed by atoms with van der Waals surface area (Å²) in [6.45, 7) is 2.11. The largest absolute Gasteiger partial charge is 0.494 e. The third-order valence-electron chi connectivity index (χ3n) is 2.58. The number of hydrogen-bond donors (Lipinski definition) is 1.